The highest BCUT2D eigenvalue weighted by molar-refractivity contribution is 5.87. The lowest BCUT2D eigenvalue weighted by atomic mass is 10.1. The summed E-state index contributed by atoms with van der Waals surface area (Å²) in [6.07, 6.45) is -4.75. The average Bonchev–Trinajstić information content (AvgIpc) is 2.82. The number of carboxylic acid groups (broad SMARTS) is 1. The quantitative estimate of drug-likeness (QED) is 0.942. The normalized spacial score (nSPS) is 11.4. The molecule has 0 spiro atoms. The largest absolute Gasteiger partial charge is 0.573 e. The molecule has 0 aliphatic rings. The summed E-state index contributed by atoms with van der Waals surface area (Å²) in [5, 5.41) is 13.1. The molecule has 21 heavy (non-hydrogen) atoms. The van der Waals surface area contributed by atoms with E-state index in [0.717, 1.165) is 12.1 Å². The van der Waals surface area contributed by atoms with Gasteiger partial charge in [0.1, 0.15) is 11.4 Å². The maximum Gasteiger partial charge on any atom is 0.573 e. The van der Waals surface area contributed by atoms with Gasteiger partial charge in [-0.15, -0.1) is 13.2 Å². The van der Waals surface area contributed by atoms with Crippen LogP contribution in [-0.2, 0) is 6.54 Å². The predicted molar refractivity (Wildman–Crippen MR) is 67.0 cm³/mol. The van der Waals surface area contributed by atoms with E-state index >= 15 is 0 Å². The minimum atomic E-state index is -4.75. The van der Waals surface area contributed by atoms with Gasteiger partial charge in [-0.3, -0.25) is 4.68 Å². The zero-order valence-electron chi connectivity index (χ0n) is 10.9. The van der Waals surface area contributed by atoms with E-state index in [9.17, 15) is 18.0 Å². The highest BCUT2D eigenvalue weighted by Crippen LogP contribution is 2.26. The van der Waals surface area contributed by atoms with Crippen LogP contribution >= 0.6 is 0 Å². The number of aromatic carboxylic acids is 1. The fourth-order valence-electron chi connectivity index (χ4n) is 1.80. The smallest absolute Gasteiger partial charge is 0.477 e. The standard InChI is InChI=1S/C13H11F3N2O3/c1-2-18-11(12(19)20)7-10(17-18)8-3-5-9(6-4-8)21-13(14,15)16/h3-7H,2H2,1H3,(H,19,20). The number of carbonyl (C=O) groups is 1. The Labute approximate surface area is 117 Å². The topological polar surface area (TPSA) is 64.4 Å². The van der Waals surface area contributed by atoms with Crippen LogP contribution in [0.5, 0.6) is 5.75 Å². The zero-order valence-corrected chi connectivity index (χ0v) is 10.9. The van der Waals surface area contributed by atoms with Gasteiger partial charge in [0, 0.05) is 12.1 Å². The van der Waals surface area contributed by atoms with Crippen molar-refractivity contribution in [3.63, 3.8) is 0 Å². The third kappa shape index (κ3) is 3.53. The summed E-state index contributed by atoms with van der Waals surface area (Å²) in [4.78, 5) is 11.0. The van der Waals surface area contributed by atoms with Crippen LogP contribution in [0.25, 0.3) is 11.3 Å². The number of carboxylic acids is 1. The van der Waals surface area contributed by atoms with Crippen LogP contribution in [0.15, 0.2) is 30.3 Å². The van der Waals surface area contributed by atoms with Gasteiger partial charge in [-0.1, -0.05) is 0 Å². The molecule has 8 heteroatoms. The molecule has 0 saturated carbocycles. The molecule has 5 nitrogen and oxygen atoms in total. The van der Waals surface area contributed by atoms with E-state index in [1.54, 1.807) is 6.92 Å². The van der Waals surface area contributed by atoms with Gasteiger partial charge in [-0.25, -0.2) is 4.79 Å². The van der Waals surface area contributed by atoms with Gasteiger partial charge in [0.25, 0.3) is 0 Å². The molecule has 0 unspecified atom stereocenters. The average molecular weight is 300 g/mol. The molecule has 1 aromatic carbocycles. The number of hydrogen-bond donors (Lipinski definition) is 1. The Balaban J connectivity index is 2.29. The highest BCUT2D eigenvalue weighted by Gasteiger charge is 2.31. The molecule has 0 amide bonds. The molecule has 0 bridgehead atoms. The molecule has 1 heterocycles. The van der Waals surface area contributed by atoms with Crippen LogP contribution in [0, 0.1) is 0 Å². The molecular weight excluding hydrogens is 289 g/mol. The summed E-state index contributed by atoms with van der Waals surface area (Å²) >= 11 is 0. The number of ether oxygens (including phenoxy) is 1. The maximum absolute atomic E-state index is 12.1. The first-order chi connectivity index (χ1) is 9.80. The van der Waals surface area contributed by atoms with Crippen molar-refractivity contribution < 1.29 is 27.8 Å². The number of aromatic nitrogens is 2. The molecule has 0 atom stereocenters. The van der Waals surface area contributed by atoms with Crippen LogP contribution in [-0.4, -0.2) is 27.2 Å². The van der Waals surface area contributed by atoms with E-state index in [2.05, 4.69) is 9.84 Å². The summed E-state index contributed by atoms with van der Waals surface area (Å²) in [5.74, 6) is -1.47. The lowest BCUT2D eigenvalue weighted by Crippen LogP contribution is -2.16. The molecule has 0 aliphatic carbocycles. The van der Waals surface area contributed by atoms with Gasteiger partial charge in [0.2, 0.25) is 0 Å². The minimum absolute atomic E-state index is 0.0168. The van der Waals surface area contributed by atoms with Crippen molar-refractivity contribution in [2.45, 2.75) is 19.8 Å². The second-order valence-corrected chi connectivity index (χ2v) is 4.11. The number of rotatable bonds is 4. The van der Waals surface area contributed by atoms with E-state index in [4.69, 9.17) is 5.11 Å². The second-order valence-electron chi connectivity index (χ2n) is 4.11. The molecular formula is C13H11F3N2O3. The van der Waals surface area contributed by atoms with Crippen molar-refractivity contribution in [2.75, 3.05) is 0 Å². The first-order valence-corrected chi connectivity index (χ1v) is 5.97. The summed E-state index contributed by atoms with van der Waals surface area (Å²) in [6.45, 7) is 2.11. The summed E-state index contributed by atoms with van der Waals surface area (Å²) in [5.41, 5.74) is 0.884. The van der Waals surface area contributed by atoms with Gasteiger partial charge in [-0.2, -0.15) is 5.10 Å². The van der Waals surface area contributed by atoms with E-state index in [1.807, 2.05) is 0 Å². The predicted octanol–water partition coefficient (Wildman–Crippen LogP) is 3.17. The lowest BCUT2D eigenvalue weighted by molar-refractivity contribution is -0.274. The van der Waals surface area contributed by atoms with Crippen molar-refractivity contribution >= 4 is 5.97 Å². The summed E-state index contributed by atoms with van der Waals surface area (Å²) in [7, 11) is 0. The van der Waals surface area contributed by atoms with Crippen molar-refractivity contribution in [1.82, 2.24) is 9.78 Å². The molecule has 0 saturated heterocycles. The number of alkyl halides is 3. The van der Waals surface area contributed by atoms with Gasteiger partial charge < -0.3 is 9.84 Å². The van der Waals surface area contributed by atoms with E-state index in [-0.39, 0.29) is 11.4 Å². The Kier molecular flexibility index (Phi) is 3.88. The van der Waals surface area contributed by atoms with Gasteiger partial charge in [-0.05, 0) is 37.3 Å². The number of halogens is 3. The van der Waals surface area contributed by atoms with Gasteiger partial charge in [0.05, 0.1) is 5.69 Å². The first kappa shape index (κ1) is 14.9. The van der Waals surface area contributed by atoms with Crippen LogP contribution < -0.4 is 4.74 Å². The molecule has 112 valence electrons. The van der Waals surface area contributed by atoms with E-state index in [1.165, 1.54) is 22.9 Å². The molecule has 1 aromatic heterocycles. The Bertz CT molecular complexity index is 648. The van der Waals surface area contributed by atoms with Crippen LogP contribution in [0.4, 0.5) is 13.2 Å². The van der Waals surface area contributed by atoms with E-state index < -0.39 is 12.3 Å². The Morgan fingerprint density at radius 3 is 2.38 bits per heavy atom. The molecule has 0 radical (unpaired) electrons. The third-order valence-corrected chi connectivity index (χ3v) is 2.68. The SMILES string of the molecule is CCn1nc(-c2ccc(OC(F)(F)F)cc2)cc1C(=O)O. The van der Waals surface area contributed by atoms with Crippen LogP contribution in [0.3, 0.4) is 0 Å². The highest BCUT2D eigenvalue weighted by atomic mass is 19.4. The van der Waals surface area contributed by atoms with Crippen LogP contribution in [0.2, 0.25) is 0 Å². The zero-order chi connectivity index (χ0) is 15.6. The molecule has 2 aromatic rings. The van der Waals surface area contributed by atoms with Crippen molar-refractivity contribution in [3.8, 4) is 17.0 Å². The molecule has 1 N–H and O–H groups in total. The van der Waals surface area contributed by atoms with E-state index in [0.29, 0.717) is 17.8 Å². The van der Waals surface area contributed by atoms with Gasteiger partial charge in [0.15, 0.2) is 0 Å². The molecule has 2 rings (SSSR count). The Morgan fingerprint density at radius 2 is 1.95 bits per heavy atom. The minimum Gasteiger partial charge on any atom is -0.477 e. The van der Waals surface area contributed by atoms with Crippen LogP contribution in [0.1, 0.15) is 17.4 Å². The number of hydrogen-bond acceptors (Lipinski definition) is 3. The number of benzene rings is 1. The number of aryl methyl sites for hydroxylation is 1. The first-order valence-electron chi connectivity index (χ1n) is 5.97. The maximum atomic E-state index is 12.1. The molecule has 0 fully saturated rings. The summed E-state index contributed by atoms with van der Waals surface area (Å²) < 4.78 is 41.2. The second kappa shape index (κ2) is 5.47. The van der Waals surface area contributed by atoms with Crippen molar-refractivity contribution in [1.29, 1.82) is 0 Å². The monoisotopic (exact) mass is 300 g/mol. The molecule has 0 aliphatic heterocycles. The number of nitrogens with zero attached hydrogens (tertiary/aromatic N) is 2. The Morgan fingerprint density at radius 1 is 1.33 bits per heavy atom. The fraction of sp³-hybridized carbons (Fsp3) is 0.231. The lowest BCUT2D eigenvalue weighted by Gasteiger charge is -2.08. The van der Waals surface area contributed by atoms with Crippen molar-refractivity contribution in [2.24, 2.45) is 0 Å². The third-order valence-electron chi connectivity index (χ3n) is 2.68. The van der Waals surface area contributed by atoms with Crippen molar-refractivity contribution in [3.05, 3.63) is 36.0 Å². The Hall–Kier alpha value is -2.51. The van der Waals surface area contributed by atoms with Gasteiger partial charge >= 0.3 is 12.3 Å². The summed E-state index contributed by atoms with van der Waals surface area (Å²) in [6, 6.07) is 6.43. The fourth-order valence-corrected chi connectivity index (χ4v) is 1.80.